The third kappa shape index (κ3) is 3.96. The normalized spacial score (nSPS) is 26.8. The fourth-order valence-corrected chi connectivity index (χ4v) is 4.43. The molecule has 0 heterocycles. The number of rotatable bonds is 5. The lowest BCUT2D eigenvalue weighted by Crippen LogP contribution is -2.22. The fourth-order valence-electron chi connectivity index (χ4n) is 4.43. The van der Waals surface area contributed by atoms with Gasteiger partial charge in [0.2, 0.25) is 5.82 Å². The van der Waals surface area contributed by atoms with Gasteiger partial charge < -0.3 is 4.74 Å². The van der Waals surface area contributed by atoms with Crippen LogP contribution >= 0.6 is 0 Å². The molecule has 0 spiro atoms. The fraction of sp³-hybridized carbons (Fsp3) is 0.545. The van der Waals surface area contributed by atoms with Crippen molar-refractivity contribution in [1.82, 2.24) is 0 Å². The van der Waals surface area contributed by atoms with E-state index in [0.717, 1.165) is 30.8 Å². The van der Waals surface area contributed by atoms with Crippen LogP contribution in [0.2, 0.25) is 0 Å². The molecule has 0 amide bonds. The molecular formula is C22H28F2O. The van der Waals surface area contributed by atoms with Crippen LogP contribution in [0.4, 0.5) is 8.78 Å². The minimum Gasteiger partial charge on any atom is -0.491 e. The minimum absolute atomic E-state index is 0.00276. The molecule has 1 nitrogen and oxygen atoms in total. The molecule has 136 valence electrons. The Balaban J connectivity index is 1.67. The number of hydrogen-bond acceptors (Lipinski definition) is 1. The molecule has 3 rings (SSSR count). The molecule has 1 aromatic rings. The average molecular weight is 346 g/mol. The average Bonchev–Trinajstić information content (AvgIpc) is 2.66. The lowest BCUT2D eigenvalue weighted by molar-refractivity contribution is 0.212. The van der Waals surface area contributed by atoms with Crippen LogP contribution < -0.4 is 4.74 Å². The van der Waals surface area contributed by atoms with E-state index >= 15 is 0 Å². The van der Waals surface area contributed by atoms with Gasteiger partial charge in [-0.2, -0.15) is 4.39 Å². The summed E-state index contributed by atoms with van der Waals surface area (Å²) in [6, 6.07) is 3.20. The summed E-state index contributed by atoms with van der Waals surface area (Å²) in [4.78, 5) is 0. The van der Waals surface area contributed by atoms with E-state index in [1.165, 1.54) is 25.7 Å². The third-order valence-electron chi connectivity index (χ3n) is 5.96. The van der Waals surface area contributed by atoms with Crippen LogP contribution in [0, 0.1) is 29.4 Å². The first-order valence-electron chi connectivity index (χ1n) is 9.56. The molecule has 1 fully saturated rings. The van der Waals surface area contributed by atoms with Crippen molar-refractivity contribution >= 4 is 5.57 Å². The Labute approximate surface area is 149 Å². The van der Waals surface area contributed by atoms with E-state index in [0.29, 0.717) is 24.0 Å². The standard InChI is InChI=1S/C22H28F2O/c1-3-15-5-7-16(8-6-15)17-9-11-18(12-10-17)19-13-14-20(25-4-2)22(24)21(19)23/h3,11,13-17H,1,4-10,12H2,2H3/t15?,16?,17-/m0/s1. The zero-order chi connectivity index (χ0) is 17.8. The van der Waals surface area contributed by atoms with Crippen LogP contribution in [0.3, 0.4) is 0 Å². The molecule has 0 saturated heterocycles. The number of allylic oxidation sites excluding steroid dienone is 3. The molecule has 2 aliphatic rings. The van der Waals surface area contributed by atoms with E-state index in [-0.39, 0.29) is 5.75 Å². The molecule has 1 atom stereocenters. The highest BCUT2D eigenvalue weighted by Crippen LogP contribution is 2.42. The van der Waals surface area contributed by atoms with Crippen molar-refractivity contribution in [2.75, 3.05) is 6.61 Å². The van der Waals surface area contributed by atoms with Crippen LogP contribution in [-0.4, -0.2) is 6.61 Å². The van der Waals surface area contributed by atoms with E-state index in [1.807, 2.05) is 0 Å². The Morgan fingerprint density at radius 3 is 2.44 bits per heavy atom. The van der Waals surface area contributed by atoms with Crippen molar-refractivity contribution in [2.45, 2.75) is 51.9 Å². The second kappa shape index (κ2) is 8.16. The van der Waals surface area contributed by atoms with Crippen molar-refractivity contribution in [2.24, 2.45) is 17.8 Å². The molecule has 0 radical (unpaired) electrons. The SMILES string of the molecule is C=CC1CCC([C@H]2CC=C(c3ccc(OCC)c(F)c3F)CC2)CC1. The molecule has 1 saturated carbocycles. The molecule has 0 aliphatic heterocycles. The summed E-state index contributed by atoms with van der Waals surface area (Å²) >= 11 is 0. The first-order valence-corrected chi connectivity index (χ1v) is 9.56. The molecule has 0 bridgehead atoms. The molecule has 0 N–H and O–H groups in total. The van der Waals surface area contributed by atoms with Gasteiger partial charge in [-0.1, -0.05) is 12.2 Å². The Morgan fingerprint density at radius 1 is 1.08 bits per heavy atom. The molecule has 2 aliphatic carbocycles. The van der Waals surface area contributed by atoms with Gasteiger partial charge in [0, 0.05) is 5.56 Å². The zero-order valence-electron chi connectivity index (χ0n) is 15.1. The summed E-state index contributed by atoms with van der Waals surface area (Å²) in [6.45, 7) is 6.00. The summed E-state index contributed by atoms with van der Waals surface area (Å²) in [5.74, 6) is 0.497. The van der Waals surface area contributed by atoms with E-state index in [1.54, 1.807) is 19.1 Å². The van der Waals surface area contributed by atoms with Gasteiger partial charge >= 0.3 is 0 Å². The highest BCUT2D eigenvalue weighted by molar-refractivity contribution is 5.67. The van der Waals surface area contributed by atoms with Crippen molar-refractivity contribution in [3.63, 3.8) is 0 Å². The maximum Gasteiger partial charge on any atom is 0.201 e. The van der Waals surface area contributed by atoms with Gasteiger partial charge in [-0.15, -0.1) is 6.58 Å². The Morgan fingerprint density at radius 2 is 1.84 bits per heavy atom. The summed E-state index contributed by atoms with van der Waals surface area (Å²) in [5.41, 5.74) is 1.34. The minimum atomic E-state index is -0.870. The van der Waals surface area contributed by atoms with Gasteiger partial charge in [0.25, 0.3) is 0 Å². The van der Waals surface area contributed by atoms with Crippen LogP contribution in [0.5, 0.6) is 5.75 Å². The van der Waals surface area contributed by atoms with E-state index in [2.05, 4.69) is 18.7 Å². The molecule has 1 aromatic carbocycles. The largest absolute Gasteiger partial charge is 0.491 e. The van der Waals surface area contributed by atoms with Crippen LogP contribution in [0.15, 0.2) is 30.9 Å². The first-order chi connectivity index (χ1) is 12.1. The lowest BCUT2D eigenvalue weighted by Gasteiger charge is -2.34. The van der Waals surface area contributed by atoms with E-state index in [9.17, 15) is 8.78 Å². The summed E-state index contributed by atoms with van der Waals surface area (Å²) in [7, 11) is 0. The van der Waals surface area contributed by atoms with Crippen molar-refractivity contribution in [3.8, 4) is 5.75 Å². The number of halogens is 2. The Bertz CT molecular complexity index is 642. The number of ether oxygens (including phenoxy) is 1. The van der Waals surface area contributed by atoms with Gasteiger partial charge in [0.1, 0.15) is 0 Å². The predicted molar refractivity (Wildman–Crippen MR) is 98.5 cm³/mol. The molecule has 3 heteroatoms. The summed E-state index contributed by atoms with van der Waals surface area (Å²) < 4.78 is 33.6. The monoisotopic (exact) mass is 346 g/mol. The van der Waals surface area contributed by atoms with E-state index < -0.39 is 11.6 Å². The van der Waals surface area contributed by atoms with Crippen molar-refractivity contribution in [3.05, 3.63) is 48.1 Å². The van der Waals surface area contributed by atoms with Crippen LogP contribution in [-0.2, 0) is 0 Å². The zero-order valence-corrected chi connectivity index (χ0v) is 15.1. The molecule has 0 unspecified atom stereocenters. The van der Waals surface area contributed by atoms with Gasteiger partial charge in [0.05, 0.1) is 6.61 Å². The van der Waals surface area contributed by atoms with Crippen molar-refractivity contribution in [1.29, 1.82) is 0 Å². The van der Waals surface area contributed by atoms with Gasteiger partial charge in [0.15, 0.2) is 11.6 Å². The molecule has 0 aromatic heterocycles. The third-order valence-corrected chi connectivity index (χ3v) is 5.96. The van der Waals surface area contributed by atoms with Gasteiger partial charge in [-0.25, -0.2) is 4.39 Å². The molecular weight excluding hydrogens is 318 g/mol. The highest BCUT2D eigenvalue weighted by Gasteiger charge is 2.28. The second-order valence-electron chi connectivity index (χ2n) is 7.35. The smallest absolute Gasteiger partial charge is 0.201 e. The lowest BCUT2D eigenvalue weighted by atomic mass is 9.71. The summed E-state index contributed by atoms with van der Waals surface area (Å²) in [6.07, 6.45) is 12.2. The number of hydrogen-bond donors (Lipinski definition) is 0. The molecule has 25 heavy (non-hydrogen) atoms. The quantitative estimate of drug-likeness (QED) is 0.550. The maximum atomic E-state index is 14.4. The number of benzene rings is 1. The second-order valence-corrected chi connectivity index (χ2v) is 7.35. The Hall–Kier alpha value is -1.64. The Kier molecular flexibility index (Phi) is 5.93. The topological polar surface area (TPSA) is 9.23 Å². The van der Waals surface area contributed by atoms with Crippen molar-refractivity contribution < 1.29 is 13.5 Å². The first kappa shape index (κ1) is 18.2. The van der Waals surface area contributed by atoms with Gasteiger partial charge in [-0.3, -0.25) is 0 Å². The summed E-state index contributed by atoms with van der Waals surface area (Å²) in [5, 5.41) is 0. The maximum absolute atomic E-state index is 14.4. The van der Waals surface area contributed by atoms with Gasteiger partial charge in [-0.05, 0) is 87.3 Å². The van der Waals surface area contributed by atoms with Crippen LogP contribution in [0.25, 0.3) is 5.57 Å². The van der Waals surface area contributed by atoms with E-state index in [4.69, 9.17) is 4.74 Å². The van der Waals surface area contributed by atoms with Crippen LogP contribution in [0.1, 0.15) is 57.4 Å². The predicted octanol–water partition coefficient (Wildman–Crippen LogP) is 6.54. The highest BCUT2D eigenvalue weighted by atomic mass is 19.2.